The van der Waals surface area contributed by atoms with Crippen LogP contribution in [-0.4, -0.2) is 56.6 Å². The van der Waals surface area contributed by atoms with Gasteiger partial charge in [0.25, 0.3) is 5.56 Å². The van der Waals surface area contributed by atoms with Crippen molar-refractivity contribution in [2.24, 2.45) is 0 Å². The topological polar surface area (TPSA) is 82.1 Å². The molecule has 0 unspecified atom stereocenters. The quantitative estimate of drug-likeness (QED) is 0.246. The normalized spacial score (nSPS) is 15.9. The van der Waals surface area contributed by atoms with Gasteiger partial charge in [-0.1, -0.05) is 23.7 Å². The van der Waals surface area contributed by atoms with Crippen LogP contribution >= 0.6 is 11.6 Å². The Morgan fingerprint density at radius 1 is 1.00 bits per heavy atom. The zero-order chi connectivity index (χ0) is 27.9. The summed E-state index contributed by atoms with van der Waals surface area (Å²) in [6, 6.07) is 20.8. The highest BCUT2D eigenvalue weighted by Gasteiger charge is 2.31. The van der Waals surface area contributed by atoms with Crippen LogP contribution in [0.4, 0.5) is 17.3 Å². The summed E-state index contributed by atoms with van der Waals surface area (Å²) in [5, 5.41) is 4.61. The molecule has 1 saturated heterocycles. The number of H-pyrrole nitrogens is 1. The molecule has 1 aliphatic heterocycles. The van der Waals surface area contributed by atoms with Crippen molar-refractivity contribution in [1.29, 1.82) is 0 Å². The number of aromatic amines is 1. The van der Waals surface area contributed by atoms with Crippen molar-refractivity contribution >= 4 is 40.0 Å². The largest absolute Gasteiger partial charge is 0.369 e. The zero-order valence-electron chi connectivity index (χ0n) is 23.0. The molecule has 1 aliphatic carbocycles. The molecule has 0 radical (unpaired) electrons. The minimum absolute atomic E-state index is 0.134. The van der Waals surface area contributed by atoms with Crippen molar-refractivity contribution in [2.45, 2.75) is 32.4 Å². The van der Waals surface area contributed by atoms with Crippen molar-refractivity contribution in [2.75, 3.05) is 36.4 Å². The van der Waals surface area contributed by atoms with E-state index >= 15 is 0 Å². The number of pyridine rings is 1. The Morgan fingerprint density at radius 2 is 1.80 bits per heavy atom. The first-order chi connectivity index (χ1) is 20.1. The Hall–Kier alpha value is -4.14. The molecule has 0 spiro atoms. The van der Waals surface area contributed by atoms with Gasteiger partial charge in [0.15, 0.2) is 0 Å². The number of benzene rings is 2. The first kappa shape index (κ1) is 25.8. The van der Waals surface area contributed by atoms with Gasteiger partial charge in [0, 0.05) is 89.8 Å². The third-order valence-corrected chi connectivity index (χ3v) is 8.49. The van der Waals surface area contributed by atoms with E-state index in [1.165, 1.54) is 18.5 Å². The lowest BCUT2D eigenvalue weighted by atomic mass is 10.0. The lowest BCUT2D eigenvalue weighted by molar-refractivity contribution is 0.248. The van der Waals surface area contributed by atoms with Crippen LogP contribution in [0.3, 0.4) is 0 Å². The van der Waals surface area contributed by atoms with E-state index in [1.807, 2.05) is 49.5 Å². The molecule has 7 rings (SSSR count). The van der Waals surface area contributed by atoms with Gasteiger partial charge in [0.2, 0.25) is 5.95 Å². The number of piperazine rings is 1. The summed E-state index contributed by atoms with van der Waals surface area (Å²) in [4.78, 5) is 31.2. The maximum Gasteiger partial charge on any atom is 0.260 e. The summed E-state index contributed by atoms with van der Waals surface area (Å²) in [7, 11) is 0. The Morgan fingerprint density at radius 3 is 2.49 bits per heavy atom. The van der Waals surface area contributed by atoms with Gasteiger partial charge in [-0.15, -0.1) is 0 Å². The lowest BCUT2D eigenvalue weighted by Crippen LogP contribution is -2.47. The smallest absolute Gasteiger partial charge is 0.260 e. The molecule has 2 aliphatic rings. The molecule has 3 aromatic heterocycles. The van der Waals surface area contributed by atoms with Gasteiger partial charge in [-0.25, -0.2) is 4.98 Å². The lowest BCUT2D eigenvalue weighted by Gasteiger charge is -2.36. The second-order valence-corrected chi connectivity index (χ2v) is 11.2. The molecule has 208 valence electrons. The number of rotatable bonds is 7. The number of aryl methyl sites for hydroxylation is 1. The summed E-state index contributed by atoms with van der Waals surface area (Å²) in [6.07, 6.45) is 6.36. The van der Waals surface area contributed by atoms with Crippen LogP contribution in [0.2, 0.25) is 5.02 Å². The highest BCUT2D eigenvalue weighted by Crippen LogP contribution is 2.32. The monoisotopic (exact) mass is 565 g/mol. The number of nitrogens with zero attached hydrogens (tertiary/aromatic N) is 5. The molecule has 5 aromatic rings. The van der Waals surface area contributed by atoms with Gasteiger partial charge < -0.3 is 15.2 Å². The average Bonchev–Trinajstić information content (AvgIpc) is 3.71. The van der Waals surface area contributed by atoms with Crippen LogP contribution in [0.15, 0.2) is 77.9 Å². The molecule has 0 atom stereocenters. The van der Waals surface area contributed by atoms with Crippen LogP contribution in [0.25, 0.3) is 33.4 Å². The van der Waals surface area contributed by atoms with Crippen LogP contribution in [0.1, 0.15) is 19.8 Å². The minimum Gasteiger partial charge on any atom is -0.369 e. The van der Waals surface area contributed by atoms with Crippen molar-refractivity contribution in [3.63, 3.8) is 0 Å². The van der Waals surface area contributed by atoms with E-state index in [0.29, 0.717) is 34.3 Å². The summed E-state index contributed by atoms with van der Waals surface area (Å²) >= 11 is 6.69. The van der Waals surface area contributed by atoms with E-state index in [1.54, 1.807) is 10.8 Å². The SMILES string of the molecule is CCn1c(=O)c(-c2ccc(-c3ccc[nH]3)cc2Cl)cc2cnc(Nc3ccc(N4CCN(C5CC5)CC4)cc3)nc21. The Balaban J connectivity index is 1.13. The molecule has 41 heavy (non-hydrogen) atoms. The summed E-state index contributed by atoms with van der Waals surface area (Å²) < 4.78 is 1.68. The van der Waals surface area contributed by atoms with Gasteiger partial charge >= 0.3 is 0 Å². The van der Waals surface area contributed by atoms with Crippen molar-refractivity contribution in [3.8, 4) is 22.4 Å². The third-order valence-electron chi connectivity index (χ3n) is 8.18. The predicted molar refractivity (Wildman–Crippen MR) is 166 cm³/mol. The second-order valence-electron chi connectivity index (χ2n) is 10.8. The number of hydrogen-bond acceptors (Lipinski definition) is 6. The number of aromatic nitrogens is 4. The molecule has 1 saturated carbocycles. The van der Waals surface area contributed by atoms with Crippen LogP contribution in [0, 0.1) is 0 Å². The van der Waals surface area contributed by atoms with E-state index in [4.69, 9.17) is 16.6 Å². The Kier molecular flexibility index (Phi) is 6.73. The highest BCUT2D eigenvalue weighted by molar-refractivity contribution is 6.33. The van der Waals surface area contributed by atoms with E-state index in [-0.39, 0.29) is 5.56 Å². The number of anilines is 3. The standard InChI is InChI=1S/C32H32ClN7O/c1-2-40-30-22(18-27(31(40)41)26-12-5-21(19-28(26)33)29-4-3-13-34-29)20-35-32(37-30)36-23-6-8-24(9-7-23)38-14-16-39(17-15-38)25-10-11-25/h3-9,12-13,18-20,25,34H,2,10-11,14-17H2,1H3,(H,35,36,37). The fourth-order valence-electron chi connectivity index (χ4n) is 5.79. The molecule has 2 N–H and O–H groups in total. The molecule has 9 heteroatoms. The fourth-order valence-corrected chi connectivity index (χ4v) is 6.07. The maximum atomic E-state index is 13.6. The number of halogens is 1. The highest BCUT2D eigenvalue weighted by atomic mass is 35.5. The van der Waals surface area contributed by atoms with Gasteiger partial charge in [0.05, 0.1) is 0 Å². The number of hydrogen-bond donors (Lipinski definition) is 2. The van der Waals surface area contributed by atoms with Crippen molar-refractivity contribution < 1.29 is 0 Å². The van der Waals surface area contributed by atoms with Crippen LogP contribution in [0.5, 0.6) is 0 Å². The number of nitrogens with one attached hydrogen (secondary N) is 2. The molecule has 0 amide bonds. The average molecular weight is 566 g/mol. The van der Waals surface area contributed by atoms with Crippen molar-refractivity contribution in [1.82, 2.24) is 24.4 Å². The van der Waals surface area contributed by atoms with E-state index in [9.17, 15) is 4.79 Å². The van der Waals surface area contributed by atoms with Crippen LogP contribution < -0.4 is 15.8 Å². The Labute approximate surface area is 243 Å². The van der Waals surface area contributed by atoms with Gasteiger partial charge in [-0.3, -0.25) is 14.3 Å². The van der Waals surface area contributed by atoms with Crippen molar-refractivity contribution in [3.05, 3.63) is 88.4 Å². The number of fused-ring (bicyclic) bond motifs is 1. The third kappa shape index (κ3) is 5.09. The molecular weight excluding hydrogens is 534 g/mol. The fraction of sp³-hybridized carbons (Fsp3) is 0.281. The maximum absolute atomic E-state index is 13.6. The summed E-state index contributed by atoms with van der Waals surface area (Å²) in [6.45, 7) is 6.83. The van der Waals surface area contributed by atoms with E-state index < -0.39 is 0 Å². The molecular formula is C32H32ClN7O. The van der Waals surface area contributed by atoms with E-state index in [0.717, 1.165) is 54.6 Å². The summed E-state index contributed by atoms with van der Waals surface area (Å²) in [5.74, 6) is 0.450. The molecule has 0 bridgehead atoms. The summed E-state index contributed by atoms with van der Waals surface area (Å²) in [5.41, 5.74) is 5.74. The molecule has 2 fully saturated rings. The van der Waals surface area contributed by atoms with Crippen LogP contribution in [-0.2, 0) is 6.54 Å². The molecule has 8 nitrogen and oxygen atoms in total. The first-order valence-electron chi connectivity index (χ1n) is 14.3. The second kappa shape index (κ2) is 10.7. The zero-order valence-corrected chi connectivity index (χ0v) is 23.7. The predicted octanol–water partition coefficient (Wildman–Crippen LogP) is 6.15. The van der Waals surface area contributed by atoms with Gasteiger partial charge in [-0.2, -0.15) is 4.98 Å². The molecule has 2 aromatic carbocycles. The minimum atomic E-state index is -0.134. The Bertz CT molecular complexity index is 1750. The van der Waals surface area contributed by atoms with Gasteiger partial charge in [-0.05, 0) is 73.9 Å². The van der Waals surface area contributed by atoms with E-state index in [2.05, 4.69) is 49.4 Å². The first-order valence-corrected chi connectivity index (χ1v) is 14.7. The molecule has 4 heterocycles. The van der Waals surface area contributed by atoms with Gasteiger partial charge in [0.1, 0.15) is 5.65 Å².